The zero-order valence-electron chi connectivity index (χ0n) is 11.9. The number of halogens is 1. The molecule has 0 heterocycles. The molecule has 4 heteroatoms. The van der Waals surface area contributed by atoms with Crippen LogP contribution in [0.25, 0.3) is 0 Å². The van der Waals surface area contributed by atoms with Gasteiger partial charge >= 0.3 is 0 Å². The van der Waals surface area contributed by atoms with Crippen LogP contribution in [0.4, 0.5) is 5.69 Å². The molecule has 0 aromatic heterocycles. The molecule has 0 aliphatic rings. The predicted octanol–water partition coefficient (Wildman–Crippen LogP) is 3.60. The minimum atomic E-state index is 0.00136. The van der Waals surface area contributed by atoms with E-state index >= 15 is 0 Å². The van der Waals surface area contributed by atoms with Crippen molar-refractivity contribution in [2.45, 2.75) is 33.6 Å². The Morgan fingerprint density at radius 2 is 2.11 bits per heavy atom. The molecular weight excluding hydrogens is 260 g/mol. The summed E-state index contributed by atoms with van der Waals surface area (Å²) in [7, 11) is 0. The van der Waals surface area contributed by atoms with Gasteiger partial charge in [-0.3, -0.25) is 4.79 Å². The van der Waals surface area contributed by atoms with Crippen LogP contribution in [0.2, 0.25) is 5.02 Å². The number of benzene rings is 1. The Kier molecular flexibility index (Phi) is 6.32. The van der Waals surface area contributed by atoms with Gasteiger partial charge in [0.15, 0.2) is 0 Å². The van der Waals surface area contributed by atoms with Crippen LogP contribution in [0.15, 0.2) is 18.2 Å². The summed E-state index contributed by atoms with van der Waals surface area (Å²) in [5.41, 5.74) is 7.50. The Bertz CT molecular complexity index is 432. The molecule has 19 heavy (non-hydrogen) atoms. The first-order chi connectivity index (χ1) is 8.92. The molecule has 0 aliphatic heterocycles. The van der Waals surface area contributed by atoms with Gasteiger partial charge in [-0.1, -0.05) is 31.5 Å². The maximum Gasteiger partial charge on any atom is 0.224 e. The minimum absolute atomic E-state index is 0.00136. The molecule has 1 amide bonds. The van der Waals surface area contributed by atoms with Crippen molar-refractivity contribution >= 4 is 23.2 Å². The lowest BCUT2D eigenvalue weighted by Gasteiger charge is -2.17. The van der Waals surface area contributed by atoms with E-state index < -0.39 is 0 Å². The molecule has 0 saturated carbocycles. The fraction of sp³-hybridized carbons (Fsp3) is 0.533. The van der Waals surface area contributed by atoms with Crippen LogP contribution in [0.3, 0.4) is 0 Å². The molecule has 106 valence electrons. The van der Waals surface area contributed by atoms with Gasteiger partial charge in [0, 0.05) is 17.1 Å². The van der Waals surface area contributed by atoms with Crippen LogP contribution < -0.4 is 11.1 Å². The average molecular weight is 283 g/mol. The summed E-state index contributed by atoms with van der Waals surface area (Å²) in [5, 5.41) is 3.53. The second-order valence-electron chi connectivity index (χ2n) is 5.44. The zero-order chi connectivity index (χ0) is 14.4. The summed E-state index contributed by atoms with van der Waals surface area (Å²) in [5.74, 6) is 0.787. The number of carbonyl (C=O) groups excluding carboxylic acids is 1. The first-order valence-electron chi connectivity index (χ1n) is 6.68. The Morgan fingerprint density at radius 1 is 1.42 bits per heavy atom. The van der Waals surface area contributed by atoms with E-state index in [-0.39, 0.29) is 11.8 Å². The van der Waals surface area contributed by atoms with Crippen molar-refractivity contribution in [1.82, 2.24) is 0 Å². The third kappa shape index (κ3) is 5.62. The average Bonchev–Trinajstić information content (AvgIpc) is 2.32. The largest absolute Gasteiger partial charge is 0.330 e. The topological polar surface area (TPSA) is 55.1 Å². The van der Waals surface area contributed by atoms with E-state index in [1.165, 1.54) is 0 Å². The van der Waals surface area contributed by atoms with E-state index in [1.54, 1.807) is 6.07 Å². The summed E-state index contributed by atoms with van der Waals surface area (Å²) in [6, 6.07) is 5.48. The molecule has 1 aromatic rings. The Balaban J connectivity index is 2.61. The van der Waals surface area contributed by atoms with Crippen LogP contribution in [-0.4, -0.2) is 12.5 Å². The lowest BCUT2D eigenvalue weighted by molar-refractivity contribution is -0.117. The highest BCUT2D eigenvalue weighted by molar-refractivity contribution is 6.31. The number of hydrogen-bond donors (Lipinski definition) is 2. The highest BCUT2D eigenvalue weighted by Crippen LogP contribution is 2.21. The van der Waals surface area contributed by atoms with Crippen molar-refractivity contribution in [2.75, 3.05) is 11.9 Å². The SMILES string of the molecule is Cc1ccc(Cl)cc1NC(=O)C[C@@H](CN)CC(C)C. The van der Waals surface area contributed by atoms with Gasteiger partial charge in [-0.2, -0.15) is 0 Å². The molecule has 1 rings (SSSR count). The van der Waals surface area contributed by atoms with Crippen molar-refractivity contribution < 1.29 is 4.79 Å². The van der Waals surface area contributed by atoms with Crippen molar-refractivity contribution in [3.8, 4) is 0 Å². The second-order valence-corrected chi connectivity index (χ2v) is 5.88. The van der Waals surface area contributed by atoms with Gasteiger partial charge in [-0.15, -0.1) is 0 Å². The van der Waals surface area contributed by atoms with E-state index in [9.17, 15) is 4.79 Å². The molecule has 0 fully saturated rings. The molecule has 0 unspecified atom stereocenters. The Labute approximate surface area is 120 Å². The van der Waals surface area contributed by atoms with E-state index in [0.29, 0.717) is 23.9 Å². The maximum atomic E-state index is 12.0. The molecule has 3 N–H and O–H groups in total. The molecule has 0 aliphatic carbocycles. The third-order valence-corrected chi connectivity index (χ3v) is 3.32. The highest BCUT2D eigenvalue weighted by Gasteiger charge is 2.14. The standard InChI is InChI=1S/C15H23ClN2O/c1-10(2)6-12(9-17)7-15(19)18-14-8-13(16)5-4-11(14)3/h4-5,8,10,12H,6-7,9,17H2,1-3H3,(H,18,19)/t12-/m0/s1. The van der Waals surface area contributed by atoms with Crippen LogP contribution >= 0.6 is 11.6 Å². The van der Waals surface area contributed by atoms with Gasteiger partial charge in [0.1, 0.15) is 0 Å². The highest BCUT2D eigenvalue weighted by atomic mass is 35.5. The van der Waals surface area contributed by atoms with Gasteiger partial charge < -0.3 is 11.1 Å². The van der Waals surface area contributed by atoms with Gasteiger partial charge in [-0.25, -0.2) is 0 Å². The zero-order valence-corrected chi connectivity index (χ0v) is 12.6. The summed E-state index contributed by atoms with van der Waals surface area (Å²) in [6.45, 7) is 6.77. The van der Waals surface area contributed by atoms with E-state index in [1.807, 2.05) is 19.1 Å². The van der Waals surface area contributed by atoms with Gasteiger partial charge in [0.05, 0.1) is 0 Å². The molecule has 3 nitrogen and oxygen atoms in total. The van der Waals surface area contributed by atoms with Crippen molar-refractivity contribution in [1.29, 1.82) is 0 Å². The number of rotatable bonds is 6. The first kappa shape index (κ1) is 16.0. The predicted molar refractivity (Wildman–Crippen MR) is 81.4 cm³/mol. The summed E-state index contributed by atoms with van der Waals surface area (Å²) >= 11 is 5.93. The molecule has 0 bridgehead atoms. The summed E-state index contributed by atoms with van der Waals surface area (Å²) < 4.78 is 0. The van der Waals surface area contributed by atoms with Crippen LogP contribution in [0.1, 0.15) is 32.3 Å². The lowest BCUT2D eigenvalue weighted by Crippen LogP contribution is -2.23. The molecular formula is C15H23ClN2O. The number of hydrogen-bond acceptors (Lipinski definition) is 2. The van der Waals surface area contributed by atoms with Crippen molar-refractivity contribution in [3.05, 3.63) is 28.8 Å². The number of anilines is 1. The van der Waals surface area contributed by atoms with Crippen LogP contribution in [-0.2, 0) is 4.79 Å². The first-order valence-corrected chi connectivity index (χ1v) is 7.06. The fourth-order valence-corrected chi connectivity index (χ4v) is 2.29. The third-order valence-electron chi connectivity index (χ3n) is 3.09. The van der Waals surface area contributed by atoms with Crippen molar-refractivity contribution in [3.63, 3.8) is 0 Å². The fourth-order valence-electron chi connectivity index (χ4n) is 2.12. The number of aryl methyl sites for hydroxylation is 1. The quantitative estimate of drug-likeness (QED) is 0.838. The van der Waals surface area contributed by atoms with Gasteiger partial charge in [-0.05, 0) is 49.4 Å². The maximum absolute atomic E-state index is 12.0. The smallest absolute Gasteiger partial charge is 0.224 e. The minimum Gasteiger partial charge on any atom is -0.330 e. The van der Waals surface area contributed by atoms with Gasteiger partial charge in [0.25, 0.3) is 0 Å². The number of nitrogens with one attached hydrogen (secondary N) is 1. The normalized spacial score (nSPS) is 12.5. The summed E-state index contributed by atoms with van der Waals surface area (Å²) in [6.07, 6.45) is 1.43. The Morgan fingerprint density at radius 3 is 2.68 bits per heavy atom. The number of amides is 1. The van der Waals surface area contributed by atoms with Crippen molar-refractivity contribution in [2.24, 2.45) is 17.6 Å². The van der Waals surface area contributed by atoms with Crippen LogP contribution in [0.5, 0.6) is 0 Å². The molecule has 0 saturated heterocycles. The second kappa shape index (κ2) is 7.51. The van der Waals surface area contributed by atoms with Gasteiger partial charge in [0.2, 0.25) is 5.91 Å². The number of carbonyl (C=O) groups is 1. The van der Waals surface area contributed by atoms with E-state index in [2.05, 4.69) is 19.2 Å². The molecule has 1 aromatic carbocycles. The molecule has 0 radical (unpaired) electrons. The Hall–Kier alpha value is -1.06. The molecule has 0 spiro atoms. The number of nitrogens with two attached hydrogens (primary N) is 1. The van der Waals surface area contributed by atoms with E-state index in [4.69, 9.17) is 17.3 Å². The monoisotopic (exact) mass is 282 g/mol. The molecule has 1 atom stereocenters. The lowest BCUT2D eigenvalue weighted by atomic mass is 9.94. The van der Waals surface area contributed by atoms with Crippen LogP contribution in [0, 0.1) is 18.8 Å². The van der Waals surface area contributed by atoms with E-state index in [0.717, 1.165) is 17.7 Å². The summed E-state index contributed by atoms with van der Waals surface area (Å²) in [4.78, 5) is 12.0.